The number of benzene rings is 1. The van der Waals surface area contributed by atoms with Crippen molar-refractivity contribution in [3.8, 4) is 0 Å². The summed E-state index contributed by atoms with van der Waals surface area (Å²) in [5, 5.41) is 0. The van der Waals surface area contributed by atoms with Crippen molar-refractivity contribution in [2.45, 2.75) is 24.8 Å². The Bertz CT molecular complexity index is 565. The molecule has 0 saturated carbocycles. The number of morpholine rings is 1. The minimum atomic E-state index is -3.51. The number of hydrogen-bond acceptors (Lipinski definition) is 4. The van der Waals surface area contributed by atoms with Crippen molar-refractivity contribution < 1.29 is 17.9 Å². The third-order valence-corrected chi connectivity index (χ3v) is 5.20. The Morgan fingerprint density at radius 2 is 1.95 bits per heavy atom. The lowest BCUT2D eigenvalue weighted by Crippen LogP contribution is -2.46. The molecule has 6 heteroatoms. The summed E-state index contributed by atoms with van der Waals surface area (Å²) < 4.78 is 31.6. The van der Waals surface area contributed by atoms with Crippen molar-refractivity contribution in [2.75, 3.05) is 19.8 Å². The van der Waals surface area contributed by atoms with Crippen molar-refractivity contribution in [1.29, 1.82) is 0 Å². The second-order valence-electron chi connectivity index (χ2n) is 4.62. The fraction of sp³-hybridized carbons (Fsp3) is 0.462. The van der Waals surface area contributed by atoms with E-state index in [9.17, 15) is 13.2 Å². The Labute approximate surface area is 113 Å². The molecule has 1 fully saturated rings. The third kappa shape index (κ3) is 2.86. The van der Waals surface area contributed by atoms with Gasteiger partial charge in [0.1, 0.15) is 0 Å². The Morgan fingerprint density at radius 3 is 2.47 bits per heavy atom. The number of carbonyl (C=O) groups excluding carboxylic acids is 1. The van der Waals surface area contributed by atoms with Crippen LogP contribution in [0.1, 0.15) is 24.2 Å². The quantitative estimate of drug-likeness (QED) is 0.784. The van der Waals surface area contributed by atoms with E-state index in [4.69, 9.17) is 4.74 Å². The predicted octanol–water partition coefficient (Wildman–Crippen LogP) is 1.30. The first-order valence-corrected chi connectivity index (χ1v) is 7.57. The van der Waals surface area contributed by atoms with Crippen LogP contribution in [0.25, 0.3) is 0 Å². The summed E-state index contributed by atoms with van der Waals surface area (Å²) >= 11 is 0. The molecule has 2 rings (SSSR count). The first kappa shape index (κ1) is 14.2. The van der Waals surface area contributed by atoms with Gasteiger partial charge in [-0.3, -0.25) is 4.79 Å². The molecule has 0 bridgehead atoms. The molecule has 0 aliphatic carbocycles. The summed E-state index contributed by atoms with van der Waals surface area (Å²) in [7, 11) is -3.51. The van der Waals surface area contributed by atoms with E-state index in [1.165, 1.54) is 23.4 Å². The van der Waals surface area contributed by atoms with Crippen molar-refractivity contribution >= 4 is 15.8 Å². The minimum Gasteiger partial charge on any atom is -0.378 e. The molecule has 1 aromatic rings. The molecular formula is C13H17NO4S. The Kier molecular flexibility index (Phi) is 4.03. The van der Waals surface area contributed by atoms with Crippen molar-refractivity contribution in [1.82, 2.24) is 4.31 Å². The van der Waals surface area contributed by atoms with Gasteiger partial charge in [-0.2, -0.15) is 4.31 Å². The van der Waals surface area contributed by atoms with Gasteiger partial charge in [0.2, 0.25) is 10.0 Å². The SMILES string of the molecule is CC(=O)c1ccc(S(=O)(=O)N2CCOC[C@@H]2C)cc1. The van der Waals surface area contributed by atoms with Crippen LogP contribution in [0.3, 0.4) is 0 Å². The molecule has 1 aliphatic rings. The summed E-state index contributed by atoms with van der Waals surface area (Å²) in [6.45, 7) is 4.45. The van der Waals surface area contributed by atoms with Crippen LogP contribution >= 0.6 is 0 Å². The highest BCUT2D eigenvalue weighted by molar-refractivity contribution is 7.89. The molecule has 19 heavy (non-hydrogen) atoms. The molecule has 0 spiro atoms. The number of Topliss-reactive ketones (excluding diaryl/α,β-unsaturated/α-hetero) is 1. The molecular weight excluding hydrogens is 266 g/mol. The highest BCUT2D eigenvalue weighted by Gasteiger charge is 2.31. The number of nitrogens with zero attached hydrogens (tertiary/aromatic N) is 1. The Balaban J connectivity index is 2.30. The van der Waals surface area contributed by atoms with E-state index in [1.54, 1.807) is 12.1 Å². The normalized spacial score (nSPS) is 21.3. The number of rotatable bonds is 3. The number of ketones is 1. The minimum absolute atomic E-state index is 0.0799. The topological polar surface area (TPSA) is 63.7 Å². The molecule has 1 heterocycles. The van der Waals surface area contributed by atoms with Gasteiger partial charge >= 0.3 is 0 Å². The summed E-state index contributed by atoms with van der Waals surface area (Å²) in [6, 6.07) is 5.87. The highest BCUT2D eigenvalue weighted by atomic mass is 32.2. The molecule has 104 valence electrons. The summed E-state index contributed by atoms with van der Waals surface area (Å²) in [5.41, 5.74) is 0.508. The number of ether oxygens (including phenoxy) is 1. The van der Waals surface area contributed by atoms with Gasteiger partial charge in [-0.1, -0.05) is 12.1 Å². The smallest absolute Gasteiger partial charge is 0.243 e. The van der Waals surface area contributed by atoms with Crippen LogP contribution in [0.15, 0.2) is 29.2 Å². The number of sulfonamides is 1. The zero-order valence-electron chi connectivity index (χ0n) is 11.0. The third-order valence-electron chi connectivity index (χ3n) is 3.17. The van der Waals surface area contributed by atoms with E-state index in [-0.39, 0.29) is 16.7 Å². The molecule has 1 aliphatic heterocycles. The molecule has 1 saturated heterocycles. The maximum atomic E-state index is 12.5. The second-order valence-corrected chi connectivity index (χ2v) is 6.51. The van der Waals surface area contributed by atoms with E-state index in [0.717, 1.165) is 0 Å². The van der Waals surface area contributed by atoms with Gasteiger partial charge < -0.3 is 4.74 Å². The van der Waals surface area contributed by atoms with Gasteiger partial charge in [0.05, 0.1) is 18.1 Å². The maximum absolute atomic E-state index is 12.5. The number of carbonyl (C=O) groups is 1. The van der Waals surface area contributed by atoms with Gasteiger partial charge in [0, 0.05) is 18.2 Å². The van der Waals surface area contributed by atoms with Crippen molar-refractivity contribution in [3.63, 3.8) is 0 Å². The molecule has 0 N–H and O–H groups in total. The lowest BCUT2D eigenvalue weighted by atomic mass is 10.2. The molecule has 0 amide bonds. The number of hydrogen-bond donors (Lipinski definition) is 0. The fourth-order valence-corrected chi connectivity index (χ4v) is 3.67. The molecule has 5 nitrogen and oxygen atoms in total. The van der Waals surface area contributed by atoms with E-state index in [2.05, 4.69) is 0 Å². The van der Waals surface area contributed by atoms with Crippen LogP contribution in [0.2, 0.25) is 0 Å². The Hall–Kier alpha value is -1.24. The van der Waals surface area contributed by atoms with Gasteiger partial charge in [-0.15, -0.1) is 0 Å². The van der Waals surface area contributed by atoms with Gasteiger partial charge in [-0.05, 0) is 26.0 Å². The monoisotopic (exact) mass is 283 g/mol. The first-order chi connectivity index (χ1) is 8.93. The average molecular weight is 283 g/mol. The lowest BCUT2D eigenvalue weighted by Gasteiger charge is -2.32. The maximum Gasteiger partial charge on any atom is 0.243 e. The van der Waals surface area contributed by atoms with E-state index >= 15 is 0 Å². The van der Waals surface area contributed by atoms with E-state index in [1.807, 2.05) is 6.92 Å². The van der Waals surface area contributed by atoms with Gasteiger partial charge in [-0.25, -0.2) is 8.42 Å². The fourth-order valence-electron chi connectivity index (χ4n) is 2.07. The van der Waals surface area contributed by atoms with Crippen LogP contribution in [-0.4, -0.2) is 44.3 Å². The van der Waals surface area contributed by atoms with Crippen LogP contribution in [0, 0.1) is 0 Å². The summed E-state index contributed by atoms with van der Waals surface area (Å²) in [6.07, 6.45) is 0. The molecule has 1 aromatic carbocycles. The standard InChI is InChI=1S/C13H17NO4S/c1-10-9-18-8-7-14(10)19(16,17)13-5-3-12(4-6-13)11(2)15/h3-6,10H,7-9H2,1-2H3/t10-/m0/s1. The van der Waals surface area contributed by atoms with Crippen LogP contribution in [0.4, 0.5) is 0 Å². The van der Waals surface area contributed by atoms with Gasteiger partial charge in [0.25, 0.3) is 0 Å². The van der Waals surface area contributed by atoms with E-state index in [0.29, 0.717) is 25.3 Å². The predicted molar refractivity (Wildman–Crippen MR) is 70.6 cm³/mol. The van der Waals surface area contributed by atoms with Gasteiger partial charge in [0.15, 0.2) is 5.78 Å². The average Bonchev–Trinajstić information content (AvgIpc) is 2.39. The van der Waals surface area contributed by atoms with E-state index < -0.39 is 10.0 Å². The van der Waals surface area contributed by atoms with Crippen molar-refractivity contribution in [3.05, 3.63) is 29.8 Å². The Morgan fingerprint density at radius 1 is 1.32 bits per heavy atom. The zero-order valence-corrected chi connectivity index (χ0v) is 11.8. The largest absolute Gasteiger partial charge is 0.378 e. The molecule has 0 unspecified atom stereocenters. The van der Waals surface area contributed by atoms with Crippen LogP contribution in [0.5, 0.6) is 0 Å². The summed E-state index contributed by atoms with van der Waals surface area (Å²) in [5.74, 6) is -0.0799. The summed E-state index contributed by atoms with van der Waals surface area (Å²) in [4.78, 5) is 11.4. The molecule has 0 radical (unpaired) electrons. The second kappa shape index (κ2) is 5.40. The first-order valence-electron chi connectivity index (χ1n) is 6.13. The van der Waals surface area contributed by atoms with Crippen LogP contribution < -0.4 is 0 Å². The van der Waals surface area contributed by atoms with Crippen molar-refractivity contribution in [2.24, 2.45) is 0 Å². The lowest BCUT2D eigenvalue weighted by molar-refractivity contribution is 0.0393. The zero-order chi connectivity index (χ0) is 14.0. The highest BCUT2D eigenvalue weighted by Crippen LogP contribution is 2.20. The van der Waals surface area contributed by atoms with Crippen LogP contribution in [-0.2, 0) is 14.8 Å². The molecule has 0 aromatic heterocycles. The molecule has 1 atom stereocenters.